The van der Waals surface area contributed by atoms with Crippen LogP contribution in [0.15, 0.2) is 23.2 Å². The van der Waals surface area contributed by atoms with Gasteiger partial charge in [-0.15, -0.1) is 0 Å². The van der Waals surface area contributed by atoms with E-state index < -0.39 is 0 Å². The zero-order valence-electron chi connectivity index (χ0n) is 15.5. The molecule has 0 radical (unpaired) electrons. The minimum atomic E-state index is -0.0611. The summed E-state index contributed by atoms with van der Waals surface area (Å²) in [6, 6.07) is 6.14. The minimum Gasteiger partial charge on any atom is -0.356 e. The van der Waals surface area contributed by atoms with Crippen LogP contribution in [0.3, 0.4) is 0 Å². The Morgan fingerprint density at radius 3 is 2.96 bits per heavy atom. The van der Waals surface area contributed by atoms with Crippen molar-refractivity contribution in [2.24, 2.45) is 4.99 Å². The topological polar surface area (TPSA) is 81.6 Å². The van der Waals surface area contributed by atoms with Crippen LogP contribution in [0.5, 0.6) is 0 Å². The number of hydrogen-bond acceptors (Lipinski definition) is 4. The highest BCUT2D eigenvalue weighted by Gasteiger charge is 2.22. The molecule has 0 aromatic carbocycles. The highest BCUT2D eigenvalue weighted by molar-refractivity contribution is 5.90. The van der Waals surface area contributed by atoms with Gasteiger partial charge in [-0.3, -0.25) is 14.7 Å². The SMILES string of the molecule is CCN1CCCC1CNC(=NC)NCCC(=O)Nc1cccc(C)n1. The normalized spacial score (nSPS) is 18.2. The number of carbonyl (C=O) groups excluding carboxylic acids is 1. The monoisotopic (exact) mass is 346 g/mol. The molecular formula is C18H30N6O. The standard InChI is InChI=1S/C18H30N6O/c1-4-24-12-6-8-15(24)13-21-18(19-3)20-11-10-17(25)23-16-9-5-7-14(2)22-16/h5,7,9,15H,4,6,8,10-13H2,1-3H3,(H2,19,20,21)(H,22,23,25). The Kier molecular flexibility index (Phi) is 7.66. The summed E-state index contributed by atoms with van der Waals surface area (Å²) in [6.07, 6.45) is 2.85. The van der Waals surface area contributed by atoms with Gasteiger partial charge in [-0.05, 0) is 45.0 Å². The van der Waals surface area contributed by atoms with Crippen LogP contribution < -0.4 is 16.0 Å². The summed E-state index contributed by atoms with van der Waals surface area (Å²) in [5.41, 5.74) is 0.883. The van der Waals surface area contributed by atoms with E-state index >= 15 is 0 Å². The number of aryl methyl sites for hydroxylation is 1. The van der Waals surface area contributed by atoms with Crippen molar-refractivity contribution < 1.29 is 4.79 Å². The molecule has 1 fully saturated rings. The van der Waals surface area contributed by atoms with Crippen LogP contribution >= 0.6 is 0 Å². The summed E-state index contributed by atoms with van der Waals surface area (Å²) in [7, 11) is 1.75. The molecule has 138 valence electrons. The van der Waals surface area contributed by atoms with Crippen molar-refractivity contribution in [3.63, 3.8) is 0 Å². The molecule has 1 aromatic rings. The molecule has 0 saturated carbocycles. The molecular weight excluding hydrogens is 316 g/mol. The third-order valence-electron chi connectivity index (χ3n) is 4.43. The molecule has 1 aliphatic rings. The van der Waals surface area contributed by atoms with E-state index in [4.69, 9.17) is 0 Å². The summed E-state index contributed by atoms with van der Waals surface area (Å²) in [5.74, 6) is 1.27. The lowest BCUT2D eigenvalue weighted by molar-refractivity contribution is -0.116. The number of aromatic nitrogens is 1. The summed E-state index contributed by atoms with van der Waals surface area (Å²) < 4.78 is 0. The van der Waals surface area contributed by atoms with E-state index in [2.05, 4.69) is 37.8 Å². The van der Waals surface area contributed by atoms with Gasteiger partial charge in [0.05, 0.1) is 0 Å². The number of carbonyl (C=O) groups is 1. The van der Waals surface area contributed by atoms with Gasteiger partial charge in [-0.1, -0.05) is 13.0 Å². The summed E-state index contributed by atoms with van der Waals surface area (Å²) in [6.45, 7) is 7.78. The molecule has 1 amide bonds. The number of hydrogen-bond donors (Lipinski definition) is 3. The molecule has 7 nitrogen and oxygen atoms in total. The predicted octanol–water partition coefficient (Wildman–Crippen LogP) is 1.37. The first-order valence-corrected chi connectivity index (χ1v) is 9.04. The second-order valence-electron chi connectivity index (χ2n) is 6.27. The highest BCUT2D eigenvalue weighted by atomic mass is 16.1. The first kappa shape index (κ1) is 19.2. The molecule has 1 unspecified atom stereocenters. The van der Waals surface area contributed by atoms with Gasteiger partial charge in [0.1, 0.15) is 5.82 Å². The van der Waals surface area contributed by atoms with Crippen LogP contribution in [0.25, 0.3) is 0 Å². The third-order valence-corrected chi connectivity index (χ3v) is 4.43. The van der Waals surface area contributed by atoms with E-state index in [-0.39, 0.29) is 5.91 Å². The number of guanidine groups is 1. The van der Waals surface area contributed by atoms with Crippen molar-refractivity contribution in [2.75, 3.05) is 38.5 Å². The van der Waals surface area contributed by atoms with Crippen molar-refractivity contribution in [1.29, 1.82) is 0 Å². The average Bonchev–Trinajstić information content (AvgIpc) is 3.05. The lowest BCUT2D eigenvalue weighted by Crippen LogP contribution is -2.45. The molecule has 2 heterocycles. The zero-order valence-corrected chi connectivity index (χ0v) is 15.5. The van der Waals surface area contributed by atoms with Gasteiger partial charge >= 0.3 is 0 Å². The first-order valence-electron chi connectivity index (χ1n) is 9.04. The summed E-state index contributed by atoms with van der Waals surface area (Å²) in [5, 5.41) is 9.36. The van der Waals surface area contributed by atoms with E-state index in [0.29, 0.717) is 24.8 Å². The molecule has 0 spiro atoms. The second kappa shape index (κ2) is 9.98. The Bertz CT molecular complexity index is 589. The fourth-order valence-corrected chi connectivity index (χ4v) is 3.09. The van der Waals surface area contributed by atoms with Crippen molar-refractivity contribution in [1.82, 2.24) is 20.5 Å². The number of pyridine rings is 1. The van der Waals surface area contributed by atoms with Gasteiger partial charge in [-0.2, -0.15) is 0 Å². The van der Waals surface area contributed by atoms with Gasteiger partial charge in [0.15, 0.2) is 5.96 Å². The largest absolute Gasteiger partial charge is 0.356 e. The Hall–Kier alpha value is -2.15. The number of amides is 1. The van der Waals surface area contributed by atoms with Crippen molar-refractivity contribution in [3.8, 4) is 0 Å². The van der Waals surface area contributed by atoms with Crippen LogP contribution in [-0.2, 0) is 4.79 Å². The van der Waals surface area contributed by atoms with Gasteiger partial charge in [-0.25, -0.2) is 4.98 Å². The highest BCUT2D eigenvalue weighted by Crippen LogP contribution is 2.15. The molecule has 1 aliphatic heterocycles. The van der Waals surface area contributed by atoms with Gasteiger partial charge in [0.2, 0.25) is 5.91 Å². The zero-order chi connectivity index (χ0) is 18.1. The maximum absolute atomic E-state index is 12.0. The number of rotatable bonds is 7. The van der Waals surface area contributed by atoms with Crippen molar-refractivity contribution >= 4 is 17.7 Å². The lowest BCUT2D eigenvalue weighted by Gasteiger charge is -2.23. The van der Waals surface area contributed by atoms with Crippen LogP contribution in [0, 0.1) is 6.92 Å². The van der Waals surface area contributed by atoms with E-state index in [0.717, 1.165) is 24.7 Å². The third kappa shape index (κ3) is 6.34. The predicted molar refractivity (Wildman–Crippen MR) is 102 cm³/mol. The maximum atomic E-state index is 12.0. The Morgan fingerprint density at radius 2 is 2.24 bits per heavy atom. The number of aliphatic imine (C=N–C) groups is 1. The summed E-state index contributed by atoms with van der Waals surface area (Å²) in [4.78, 5) is 23.0. The average molecular weight is 346 g/mol. The Balaban J connectivity index is 1.67. The molecule has 1 saturated heterocycles. The molecule has 3 N–H and O–H groups in total. The van der Waals surface area contributed by atoms with Crippen LogP contribution in [0.2, 0.25) is 0 Å². The molecule has 0 bridgehead atoms. The molecule has 1 aromatic heterocycles. The van der Waals surface area contributed by atoms with Crippen LogP contribution in [-0.4, -0.2) is 61.0 Å². The maximum Gasteiger partial charge on any atom is 0.227 e. The smallest absolute Gasteiger partial charge is 0.227 e. The number of likely N-dealkylation sites (N-methyl/N-ethyl adjacent to an activating group) is 1. The van der Waals surface area contributed by atoms with Crippen LogP contribution in [0.1, 0.15) is 31.9 Å². The fourth-order valence-electron chi connectivity index (χ4n) is 3.09. The van der Waals surface area contributed by atoms with E-state index in [9.17, 15) is 4.79 Å². The summed E-state index contributed by atoms with van der Waals surface area (Å²) >= 11 is 0. The van der Waals surface area contributed by atoms with Crippen molar-refractivity contribution in [3.05, 3.63) is 23.9 Å². The number of anilines is 1. The van der Waals surface area contributed by atoms with Crippen molar-refractivity contribution in [2.45, 2.75) is 39.2 Å². The quantitative estimate of drug-likeness (QED) is 0.513. The number of likely N-dealkylation sites (tertiary alicyclic amines) is 1. The lowest BCUT2D eigenvalue weighted by atomic mass is 10.2. The first-order chi connectivity index (χ1) is 12.1. The Labute approximate surface area is 150 Å². The van der Waals surface area contributed by atoms with Crippen LogP contribution in [0.4, 0.5) is 5.82 Å². The molecule has 1 atom stereocenters. The van der Waals surface area contributed by atoms with E-state index in [1.807, 2.05) is 19.1 Å². The van der Waals surface area contributed by atoms with E-state index in [1.165, 1.54) is 19.4 Å². The second-order valence-corrected chi connectivity index (χ2v) is 6.27. The molecule has 2 rings (SSSR count). The fraction of sp³-hybridized carbons (Fsp3) is 0.611. The van der Waals surface area contributed by atoms with Gasteiger partial charge < -0.3 is 16.0 Å². The minimum absolute atomic E-state index is 0.0611. The van der Waals surface area contributed by atoms with E-state index in [1.54, 1.807) is 13.1 Å². The molecule has 0 aliphatic carbocycles. The molecule has 25 heavy (non-hydrogen) atoms. The molecule has 7 heteroatoms. The van der Waals surface area contributed by atoms with Gasteiger partial charge in [0.25, 0.3) is 0 Å². The Morgan fingerprint density at radius 1 is 1.40 bits per heavy atom. The number of nitrogens with one attached hydrogen (secondary N) is 3. The number of nitrogens with zero attached hydrogens (tertiary/aromatic N) is 3. The van der Waals surface area contributed by atoms with Gasteiger partial charge in [0, 0.05) is 38.3 Å².